The van der Waals surface area contributed by atoms with E-state index in [1.54, 1.807) is 0 Å². The van der Waals surface area contributed by atoms with Gasteiger partial charge in [0.15, 0.2) is 0 Å². The highest BCUT2D eigenvalue weighted by atomic mass is 32.1. The quantitative estimate of drug-likeness (QED) is 0.871. The molecule has 1 aromatic heterocycles. The topological polar surface area (TPSA) is 77.8 Å². The smallest absolute Gasteiger partial charge is 0.326 e. The molecule has 1 aliphatic rings. The van der Waals surface area contributed by atoms with E-state index < -0.39 is 18.1 Å². The molecule has 0 aromatic carbocycles. The van der Waals surface area contributed by atoms with Gasteiger partial charge in [0.25, 0.3) is 5.91 Å². The average Bonchev–Trinajstić information content (AvgIpc) is 3.02. The largest absolute Gasteiger partial charge is 0.480 e. The van der Waals surface area contributed by atoms with Crippen LogP contribution >= 0.6 is 11.3 Å². The fourth-order valence-electron chi connectivity index (χ4n) is 2.72. The SMILES string of the molecule is CCCc1sc(C(=O)N2C[C@@H](O)C[C@H]2C(=O)O)cc1CC. The van der Waals surface area contributed by atoms with Crippen LogP contribution in [0.3, 0.4) is 0 Å². The van der Waals surface area contributed by atoms with Crippen LogP contribution in [0, 0.1) is 0 Å². The fraction of sp³-hybridized carbons (Fsp3) is 0.600. The summed E-state index contributed by atoms with van der Waals surface area (Å²) >= 11 is 1.45. The Bertz CT molecular complexity index is 540. The van der Waals surface area contributed by atoms with Gasteiger partial charge in [-0.25, -0.2) is 4.79 Å². The maximum Gasteiger partial charge on any atom is 0.326 e. The molecule has 0 radical (unpaired) electrons. The standard InChI is InChI=1S/C15H21NO4S/c1-3-5-12-9(4-2)6-13(21-12)14(18)16-8-10(17)7-11(16)15(19)20/h6,10-11,17H,3-5,7-8H2,1-2H3,(H,19,20)/t10-,11-/m0/s1. The van der Waals surface area contributed by atoms with Crippen LogP contribution in [0.4, 0.5) is 0 Å². The molecular weight excluding hydrogens is 290 g/mol. The Labute approximate surface area is 128 Å². The number of aryl methyl sites for hydroxylation is 2. The van der Waals surface area contributed by atoms with Gasteiger partial charge < -0.3 is 15.1 Å². The summed E-state index contributed by atoms with van der Waals surface area (Å²) in [6.07, 6.45) is 2.17. The number of hydrogen-bond acceptors (Lipinski definition) is 4. The van der Waals surface area contributed by atoms with Gasteiger partial charge in [0.2, 0.25) is 0 Å². The second-order valence-electron chi connectivity index (χ2n) is 5.36. The Kier molecular flexibility index (Phi) is 5.00. The molecule has 1 aliphatic heterocycles. The second-order valence-corrected chi connectivity index (χ2v) is 6.50. The summed E-state index contributed by atoms with van der Waals surface area (Å²) in [5, 5.41) is 18.8. The lowest BCUT2D eigenvalue weighted by Crippen LogP contribution is -2.40. The first-order valence-electron chi connectivity index (χ1n) is 7.31. The highest BCUT2D eigenvalue weighted by molar-refractivity contribution is 7.14. The van der Waals surface area contributed by atoms with Gasteiger partial charge in [-0.3, -0.25) is 4.79 Å². The molecule has 2 heterocycles. The van der Waals surface area contributed by atoms with Crippen molar-refractivity contribution in [2.24, 2.45) is 0 Å². The number of carboxylic acid groups (broad SMARTS) is 1. The van der Waals surface area contributed by atoms with Crippen molar-refractivity contribution in [1.29, 1.82) is 0 Å². The molecule has 2 rings (SSSR count). The van der Waals surface area contributed by atoms with Gasteiger partial charge in [-0.15, -0.1) is 11.3 Å². The Morgan fingerprint density at radius 3 is 2.71 bits per heavy atom. The molecule has 116 valence electrons. The monoisotopic (exact) mass is 311 g/mol. The minimum Gasteiger partial charge on any atom is -0.480 e. The van der Waals surface area contributed by atoms with Crippen LogP contribution in [0.5, 0.6) is 0 Å². The predicted octanol–water partition coefficient (Wildman–Crippen LogP) is 1.92. The molecule has 2 atom stereocenters. The maximum atomic E-state index is 12.6. The number of amides is 1. The van der Waals surface area contributed by atoms with Crippen molar-refractivity contribution in [1.82, 2.24) is 4.90 Å². The molecule has 1 fully saturated rings. The first kappa shape index (κ1) is 16.0. The van der Waals surface area contributed by atoms with Crippen molar-refractivity contribution >= 4 is 23.2 Å². The van der Waals surface area contributed by atoms with E-state index in [9.17, 15) is 19.8 Å². The van der Waals surface area contributed by atoms with E-state index in [4.69, 9.17) is 0 Å². The van der Waals surface area contributed by atoms with Gasteiger partial charge >= 0.3 is 5.97 Å². The van der Waals surface area contributed by atoms with Crippen molar-refractivity contribution in [3.05, 3.63) is 21.4 Å². The van der Waals surface area contributed by atoms with Gasteiger partial charge in [0, 0.05) is 17.8 Å². The normalized spacial score (nSPS) is 21.8. The lowest BCUT2D eigenvalue weighted by atomic mass is 10.1. The molecule has 0 bridgehead atoms. The Morgan fingerprint density at radius 2 is 2.14 bits per heavy atom. The number of aliphatic hydroxyl groups excluding tert-OH is 1. The van der Waals surface area contributed by atoms with Crippen molar-refractivity contribution in [2.75, 3.05) is 6.54 Å². The van der Waals surface area contributed by atoms with Crippen LogP contribution in [0.2, 0.25) is 0 Å². The van der Waals surface area contributed by atoms with Crippen LogP contribution in [0.15, 0.2) is 6.07 Å². The van der Waals surface area contributed by atoms with Crippen molar-refractivity contribution < 1.29 is 19.8 Å². The Morgan fingerprint density at radius 1 is 1.43 bits per heavy atom. The molecule has 0 spiro atoms. The summed E-state index contributed by atoms with van der Waals surface area (Å²) in [6.45, 7) is 4.24. The molecule has 1 aromatic rings. The summed E-state index contributed by atoms with van der Waals surface area (Å²) in [4.78, 5) is 26.8. The fourth-order valence-corrected chi connectivity index (χ4v) is 4.04. The lowest BCUT2D eigenvalue weighted by Gasteiger charge is -2.20. The zero-order chi connectivity index (χ0) is 15.6. The van der Waals surface area contributed by atoms with Crippen molar-refractivity contribution in [2.45, 2.75) is 51.7 Å². The number of carbonyl (C=O) groups is 2. The van der Waals surface area contributed by atoms with E-state index in [-0.39, 0.29) is 18.9 Å². The summed E-state index contributed by atoms with van der Waals surface area (Å²) in [6, 6.07) is 0.955. The van der Waals surface area contributed by atoms with Crippen LogP contribution in [0.25, 0.3) is 0 Å². The number of β-amino-alcohol motifs (C(OH)–C–C–N with tert-alkyl or cyclic N) is 1. The van der Waals surface area contributed by atoms with Gasteiger partial charge in [-0.05, 0) is 24.5 Å². The summed E-state index contributed by atoms with van der Waals surface area (Å²) in [5.41, 5.74) is 1.16. The number of nitrogens with zero attached hydrogens (tertiary/aromatic N) is 1. The minimum absolute atomic E-state index is 0.0955. The molecule has 5 nitrogen and oxygen atoms in total. The Hall–Kier alpha value is -1.40. The van der Waals surface area contributed by atoms with Gasteiger partial charge in [0.05, 0.1) is 11.0 Å². The highest BCUT2D eigenvalue weighted by Gasteiger charge is 2.39. The lowest BCUT2D eigenvalue weighted by molar-refractivity contribution is -0.141. The highest BCUT2D eigenvalue weighted by Crippen LogP contribution is 2.28. The zero-order valence-electron chi connectivity index (χ0n) is 12.3. The number of likely N-dealkylation sites (tertiary alicyclic amines) is 1. The minimum atomic E-state index is -1.05. The van der Waals surface area contributed by atoms with Gasteiger partial charge in [0.1, 0.15) is 6.04 Å². The number of hydrogen-bond donors (Lipinski definition) is 2. The molecule has 0 aliphatic carbocycles. The molecule has 1 amide bonds. The first-order valence-corrected chi connectivity index (χ1v) is 8.12. The number of rotatable bonds is 5. The van der Waals surface area contributed by atoms with E-state index in [0.717, 1.165) is 24.8 Å². The van der Waals surface area contributed by atoms with E-state index in [1.807, 2.05) is 6.07 Å². The van der Waals surface area contributed by atoms with Crippen LogP contribution < -0.4 is 0 Å². The van der Waals surface area contributed by atoms with Crippen molar-refractivity contribution in [3.8, 4) is 0 Å². The Balaban J connectivity index is 2.25. The van der Waals surface area contributed by atoms with E-state index >= 15 is 0 Å². The maximum absolute atomic E-state index is 12.6. The van der Waals surface area contributed by atoms with E-state index in [0.29, 0.717) is 4.88 Å². The summed E-state index contributed by atoms with van der Waals surface area (Å²) in [7, 11) is 0. The second kappa shape index (κ2) is 6.58. The molecular formula is C15H21NO4S. The van der Waals surface area contributed by atoms with Crippen LogP contribution in [0.1, 0.15) is 46.8 Å². The van der Waals surface area contributed by atoms with Crippen LogP contribution in [-0.4, -0.2) is 45.7 Å². The first-order chi connectivity index (χ1) is 9.97. The third kappa shape index (κ3) is 3.27. The van der Waals surface area contributed by atoms with Gasteiger partial charge in [-0.2, -0.15) is 0 Å². The molecule has 1 saturated heterocycles. The number of carbonyl (C=O) groups excluding carboxylic acids is 1. The number of aliphatic hydroxyl groups is 1. The third-order valence-corrected chi connectivity index (χ3v) is 5.02. The summed E-state index contributed by atoms with van der Waals surface area (Å²) in [5.74, 6) is -1.33. The van der Waals surface area contributed by atoms with Gasteiger partial charge in [-0.1, -0.05) is 20.3 Å². The van der Waals surface area contributed by atoms with E-state index in [2.05, 4.69) is 13.8 Å². The molecule has 2 N–H and O–H groups in total. The van der Waals surface area contributed by atoms with Crippen molar-refractivity contribution in [3.63, 3.8) is 0 Å². The zero-order valence-corrected chi connectivity index (χ0v) is 13.2. The average molecular weight is 311 g/mol. The molecule has 6 heteroatoms. The molecule has 0 unspecified atom stereocenters. The number of carboxylic acids is 1. The molecule has 21 heavy (non-hydrogen) atoms. The van der Waals surface area contributed by atoms with E-state index in [1.165, 1.54) is 21.1 Å². The number of thiophene rings is 1. The van der Waals surface area contributed by atoms with Crippen LogP contribution in [-0.2, 0) is 17.6 Å². The third-order valence-electron chi connectivity index (χ3n) is 3.79. The molecule has 0 saturated carbocycles. The predicted molar refractivity (Wildman–Crippen MR) is 80.8 cm³/mol. The summed E-state index contributed by atoms with van der Waals surface area (Å²) < 4.78 is 0. The number of aliphatic carboxylic acids is 1.